The van der Waals surface area contributed by atoms with Gasteiger partial charge in [0.05, 0.1) is 26.4 Å². The van der Waals surface area contributed by atoms with Crippen LogP contribution in [0.5, 0.6) is 0 Å². The van der Waals surface area contributed by atoms with Crippen molar-refractivity contribution in [2.24, 2.45) is 17.6 Å². The van der Waals surface area contributed by atoms with Crippen molar-refractivity contribution in [2.75, 3.05) is 32.9 Å². The number of hydrogen-bond acceptors (Lipinski definition) is 5. The lowest BCUT2D eigenvalue weighted by molar-refractivity contribution is -0.140. The highest BCUT2D eigenvalue weighted by atomic mass is 16.5. The molecule has 2 atom stereocenters. The van der Waals surface area contributed by atoms with Crippen LogP contribution in [0, 0.1) is 11.8 Å². The molecule has 1 aliphatic carbocycles. The summed E-state index contributed by atoms with van der Waals surface area (Å²) < 4.78 is 11.0. The molecule has 1 saturated heterocycles. The molecule has 2 aliphatic rings. The molecule has 3 amide bonds. The Balaban J connectivity index is 1.59. The third-order valence-electron chi connectivity index (χ3n) is 6.55. The van der Waals surface area contributed by atoms with Gasteiger partial charge in [0.1, 0.15) is 6.04 Å². The molecule has 0 radical (unpaired) electrons. The Labute approximate surface area is 196 Å². The molecular weight excluding hydrogens is 422 g/mol. The zero-order chi connectivity index (χ0) is 23.5. The highest BCUT2D eigenvalue weighted by Gasteiger charge is 2.31. The summed E-state index contributed by atoms with van der Waals surface area (Å²) >= 11 is 0. The van der Waals surface area contributed by atoms with Gasteiger partial charge in [-0.25, -0.2) is 0 Å². The van der Waals surface area contributed by atoms with Gasteiger partial charge in [0, 0.05) is 25.4 Å². The minimum Gasteiger partial charge on any atom is -0.378 e. The maximum Gasteiger partial charge on any atom is 0.242 e. The van der Waals surface area contributed by atoms with Crippen LogP contribution in [0.15, 0.2) is 30.3 Å². The molecule has 1 saturated carbocycles. The largest absolute Gasteiger partial charge is 0.378 e. The lowest BCUT2D eigenvalue weighted by Crippen LogP contribution is -2.50. The Bertz CT molecular complexity index is 761. The maximum atomic E-state index is 13.2. The smallest absolute Gasteiger partial charge is 0.242 e. The zero-order valence-corrected chi connectivity index (χ0v) is 19.4. The maximum absolute atomic E-state index is 13.2. The minimum absolute atomic E-state index is 0.0104. The summed E-state index contributed by atoms with van der Waals surface area (Å²) in [7, 11) is 0. The Morgan fingerprint density at radius 2 is 1.79 bits per heavy atom. The summed E-state index contributed by atoms with van der Waals surface area (Å²) in [6.07, 6.45) is 6.49. The molecule has 2 fully saturated rings. The number of rotatable bonds is 11. The van der Waals surface area contributed by atoms with Gasteiger partial charge in [0.15, 0.2) is 0 Å². The first-order chi connectivity index (χ1) is 16.0. The lowest BCUT2D eigenvalue weighted by Gasteiger charge is -2.30. The predicted octanol–water partition coefficient (Wildman–Crippen LogP) is 2.01. The quantitative estimate of drug-likeness (QED) is 0.526. The zero-order valence-electron chi connectivity index (χ0n) is 19.4. The van der Waals surface area contributed by atoms with Crippen LogP contribution < -0.4 is 11.1 Å². The average Bonchev–Trinajstić information content (AvgIpc) is 2.84. The minimum atomic E-state index is -0.937. The number of carbonyl (C=O) groups is 3. The molecule has 1 aliphatic heterocycles. The third-order valence-corrected chi connectivity index (χ3v) is 6.55. The number of nitrogens with one attached hydrogen (secondary N) is 1. The summed E-state index contributed by atoms with van der Waals surface area (Å²) in [5.74, 6) is -1.04. The molecule has 0 bridgehead atoms. The summed E-state index contributed by atoms with van der Waals surface area (Å²) in [4.78, 5) is 39.9. The molecule has 0 spiro atoms. The molecule has 182 valence electrons. The molecule has 0 aromatic heterocycles. The van der Waals surface area contributed by atoms with Crippen LogP contribution in [0.1, 0.15) is 50.5 Å². The number of nitrogens with zero attached hydrogens (tertiary/aromatic N) is 1. The van der Waals surface area contributed by atoms with Gasteiger partial charge in [-0.1, -0.05) is 62.4 Å². The Kier molecular flexibility index (Phi) is 10.2. The van der Waals surface area contributed by atoms with Gasteiger partial charge in [-0.05, 0) is 17.9 Å². The van der Waals surface area contributed by atoms with Gasteiger partial charge < -0.3 is 25.4 Å². The van der Waals surface area contributed by atoms with E-state index >= 15 is 0 Å². The van der Waals surface area contributed by atoms with Crippen molar-refractivity contribution in [3.8, 4) is 0 Å². The summed E-state index contributed by atoms with van der Waals surface area (Å²) in [6, 6.07) is 8.65. The molecule has 2 unspecified atom stereocenters. The van der Waals surface area contributed by atoms with Crippen molar-refractivity contribution >= 4 is 17.7 Å². The number of hydrogen-bond donors (Lipinski definition) is 2. The second-order valence-corrected chi connectivity index (χ2v) is 9.10. The topological polar surface area (TPSA) is 111 Å². The van der Waals surface area contributed by atoms with E-state index < -0.39 is 17.9 Å². The van der Waals surface area contributed by atoms with Crippen molar-refractivity contribution in [3.05, 3.63) is 35.9 Å². The molecule has 33 heavy (non-hydrogen) atoms. The van der Waals surface area contributed by atoms with Crippen LogP contribution in [-0.4, -0.2) is 61.6 Å². The van der Waals surface area contributed by atoms with Crippen LogP contribution in [0.3, 0.4) is 0 Å². The van der Waals surface area contributed by atoms with E-state index in [9.17, 15) is 14.4 Å². The van der Waals surface area contributed by atoms with Crippen molar-refractivity contribution in [2.45, 2.75) is 57.6 Å². The number of carbonyl (C=O) groups excluding carboxylic acids is 3. The number of morpholine rings is 1. The highest BCUT2D eigenvalue weighted by molar-refractivity contribution is 5.90. The third kappa shape index (κ3) is 8.44. The SMILES string of the molecule is NC(=O)C(COCc1ccccc1)NC(=O)C(CC(=O)N1CCOCC1)CC1CCCCC1. The second kappa shape index (κ2) is 13.3. The van der Waals surface area contributed by atoms with Crippen molar-refractivity contribution in [3.63, 3.8) is 0 Å². The van der Waals surface area contributed by atoms with E-state index in [1.54, 1.807) is 4.90 Å². The van der Waals surface area contributed by atoms with Gasteiger partial charge in [0.25, 0.3) is 0 Å². The highest BCUT2D eigenvalue weighted by Crippen LogP contribution is 2.30. The normalized spacial score (nSPS) is 19.0. The van der Waals surface area contributed by atoms with E-state index in [0.717, 1.165) is 31.2 Å². The first-order valence-electron chi connectivity index (χ1n) is 12.1. The molecule has 3 N–H and O–H groups in total. The molecule has 8 nitrogen and oxygen atoms in total. The Morgan fingerprint density at radius 3 is 2.45 bits per heavy atom. The van der Waals surface area contributed by atoms with Crippen LogP contribution >= 0.6 is 0 Å². The van der Waals surface area contributed by atoms with E-state index in [4.69, 9.17) is 15.2 Å². The van der Waals surface area contributed by atoms with Crippen LogP contribution in [0.25, 0.3) is 0 Å². The van der Waals surface area contributed by atoms with E-state index in [1.807, 2.05) is 30.3 Å². The predicted molar refractivity (Wildman–Crippen MR) is 124 cm³/mol. The molecular formula is C25H37N3O5. The monoisotopic (exact) mass is 459 g/mol. The van der Waals surface area contributed by atoms with Gasteiger partial charge in [-0.2, -0.15) is 0 Å². The van der Waals surface area contributed by atoms with Gasteiger partial charge in [-0.15, -0.1) is 0 Å². The fourth-order valence-corrected chi connectivity index (χ4v) is 4.61. The lowest BCUT2D eigenvalue weighted by atomic mass is 9.81. The standard InChI is InChI=1S/C25H37N3O5/c26-24(30)22(18-33-17-20-9-5-2-6-10-20)27-25(31)21(15-19-7-3-1-4-8-19)16-23(29)28-11-13-32-14-12-28/h2,5-6,9-10,19,21-22H,1,3-4,7-8,11-18H2,(H2,26,30)(H,27,31). The van der Waals surface area contributed by atoms with E-state index in [2.05, 4.69) is 5.32 Å². The van der Waals surface area contributed by atoms with E-state index in [0.29, 0.717) is 45.2 Å². The molecule has 3 rings (SSSR count). The van der Waals surface area contributed by atoms with Crippen molar-refractivity contribution in [1.82, 2.24) is 10.2 Å². The first-order valence-corrected chi connectivity index (χ1v) is 12.1. The van der Waals surface area contributed by atoms with Crippen LogP contribution in [0.2, 0.25) is 0 Å². The van der Waals surface area contributed by atoms with E-state index in [-0.39, 0.29) is 24.8 Å². The summed E-state index contributed by atoms with van der Waals surface area (Å²) in [5.41, 5.74) is 6.51. The number of benzene rings is 1. The fraction of sp³-hybridized carbons (Fsp3) is 0.640. The molecule has 8 heteroatoms. The van der Waals surface area contributed by atoms with Gasteiger partial charge in [0.2, 0.25) is 17.7 Å². The number of nitrogens with two attached hydrogens (primary N) is 1. The van der Waals surface area contributed by atoms with Crippen LogP contribution in [0.4, 0.5) is 0 Å². The van der Waals surface area contributed by atoms with Crippen molar-refractivity contribution < 1.29 is 23.9 Å². The van der Waals surface area contributed by atoms with Gasteiger partial charge in [-0.3, -0.25) is 14.4 Å². The number of amides is 3. The number of ether oxygens (including phenoxy) is 2. The first kappa shape index (κ1) is 25.2. The summed E-state index contributed by atoms with van der Waals surface area (Å²) in [5, 5.41) is 2.77. The second-order valence-electron chi connectivity index (χ2n) is 9.10. The van der Waals surface area contributed by atoms with Crippen molar-refractivity contribution in [1.29, 1.82) is 0 Å². The Hall–Kier alpha value is -2.45. The average molecular weight is 460 g/mol. The fourth-order valence-electron chi connectivity index (χ4n) is 4.61. The Morgan fingerprint density at radius 1 is 1.09 bits per heavy atom. The number of primary amides is 1. The molecule has 1 heterocycles. The molecule has 1 aromatic carbocycles. The van der Waals surface area contributed by atoms with Crippen LogP contribution in [-0.2, 0) is 30.5 Å². The molecule has 1 aromatic rings. The van der Waals surface area contributed by atoms with Gasteiger partial charge >= 0.3 is 0 Å². The van der Waals surface area contributed by atoms with E-state index in [1.165, 1.54) is 6.42 Å². The summed E-state index contributed by atoms with van der Waals surface area (Å²) in [6.45, 7) is 2.45.